The Labute approximate surface area is 180 Å². The second kappa shape index (κ2) is 9.07. The van der Waals surface area contributed by atoms with Crippen molar-refractivity contribution in [2.24, 2.45) is 0 Å². The Bertz CT molecular complexity index is 1020. The van der Waals surface area contributed by atoms with Gasteiger partial charge in [-0.05, 0) is 43.2 Å². The molecule has 0 bridgehead atoms. The van der Waals surface area contributed by atoms with E-state index in [4.69, 9.17) is 0 Å². The summed E-state index contributed by atoms with van der Waals surface area (Å²) in [5, 5.41) is 5.44. The predicted octanol–water partition coefficient (Wildman–Crippen LogP) is 2.17. The fraction of sp³-hybridized carbons (Fsp3) is 0.348. The molecule has 1 fully saturated rings. The van der Waals surface area contributed by atoms with Crippen molar-refractivity contribution in [3.8, 4) is 0 Å². The molecule has 8 nitrogen and oxygen atoms in total. The molecular weight excluding hydrogens is 396 g/mol. The van der Waals surface area contributed by atoms with Crippen molar-refractivity contribution in [2.45, 2.75) is 38.1 Å². The highest BCUT2D eigenvalue weighted by atomic mass is 16.2. The lowest BCUT2D eigenvalue weighted by molar-refractivity contribution is 0.0548. The number of nitrogens with zero attached hydrogens (tertiary/aromatic N) is 2. The topological polar surface area (TPSA) is 108 Å². The van der Waals surface area contributed by atoms with Gasteiger partial charge in [-0.3, -0.25) is 29.1 Å². The third-order valence-corrected chi connectivity index (χ3v) is 5.76. The molecule has 2 N–H and O–H groups in total. The standard InChI is InChI=1S/C23H24N4O4/c28-20(15-8-10-24-11-9-15)25-12-13-26-21(29)16-6-7-18-19(14-16)23(31)27(22(18)30)17-4-2-1-3-5-17/h6-11,14,17H,1-5,12-13H2,(H,25,28)(H,26,29). The van der Waals surface area contributed by atoms with E-state index in [0.717, 1.165) is 32.1 Å². The van der Waals surface area contributed by atoms with Gasteiger partial charge in [0.1, 0.15) is 0 Å². The van der Waals surface area contributed by atoms with E-state index < -0.39 is 0 Å². The maximum absolute atomic E-state index is 12.9. The van der Waals surface area contributed by atoms with Crippen LogP contribution in [-0.4, -0.2) is 52.6 Å². The summed E-state index contributed by atoms with van der Waals surface area (Å²) in [6.07, 6.45) is 7.91. The molecule has 0 spiro atoms. The van der Waals surface area contributed by atoms with Crippen LogP contribution in [-0.2, 0) is 0 Å². The number of benzene rings is 1. The number of rotatable bonds is 6. The summed E-state index contributed by atoms with van der Waals surface area (Å²) in [5.41, 5.74) is 1.45. The molecule has 0 atom stereocenters. The third kappa shape index (κ3) is 4.33. The molecule has 2 aromatic rings. The van der Waals surface area contributed by atoms with E-state index in [1.807, 2.05) is 0 Å². The number of hydrogen-bond acceptors (Lipinski definition) is 5. The zero-order chi connectivity index (χ0) is 21.8. The lowest BCUT2D eigenvalue weighted by Crippen LogP contribution is -2.40. The summed E-state index contributed by atoms with van der Waals surface area (Å²) in [4.78, 5) is 55.3. The van der Waals surface area contributed by atoms with Gasteiger partial charge in [-0.1, -0.05) is 19.3 Å². The first-order chi connectivity index (χ1) is 15.1. The van der Waals surface area contributed by atoms with Crippen LogP contribution in [0.4, 0.5) is 0 Å². The van der Waals surface area contributed by atoms with Gasteiger partial charge in [0.15, 0.2) is 0 Å². The maximum atomic E-state index is 12.9. The van der Waals surface area contributed by atoms with Crippen LogP contribution in [0.5, 0.6) is 0 Å². The summed E-state index contributed by atoms with van der Waals surface area (Å²) in [6.45, 7) is 0.485. The first-order valence-corrected chi connectivity index (χ1v) is 10.5. The van der Waals surface area contributed by atoms with Crippen LogP contribution in [0.25, 0.3) is 0 Å². The number of aromatic nitrogens is 1. The molecule has 0 radical (unpaired) electrons. The van der Waals surface area contributed by atoms with Crippen LogP contribution in [0.2, 0.25) is 0 Å². The molecule has 8 heteroatoms. The molecular formula is C23H24N4O4. The first kappa shape index (κ1) is 20.7. The zero-order valence-corrected chi connectivity index (χ0v) is 17.1. The highest BCUT2D eigenvalue weighted by Crippen LogP contribution is 2.31. The molecule has 160 valence electrons. The monoisotopic (exact) mass is 420 g/mol. The number of fused-ring (bicyclic) bond motifs is 1. The Hall–Kier alpha value is -3.55. The van der Waals surface area contributed by atoms with Gasteiger partial charge in [0.25, 0.3) is 23.6 Å². The normalized spacial score (nSPS) is 16.2. The first-order valence-electron chi connectivity index (χ1n) is 10.5. The van der Waals surface area contributed by atoms with Crippen LogP contribution in [0, 0.1) is 0 Å². The van der Waals surface area contributed by atoms with E-state index >= 15 is 0 Å². The average Bonchev–Trinajstić information content (AvgIpc) is 3.07. The van der Waals surface area contributed by atoms with E-state index in [9.17, 15) is 19.2 Å². The van der Waals surface area contributed by atoms with Crippen molar-refractivity contribution in [3.63, 3.8) is 0 Å². The Balaban J connectivity index is 1.34. The Morgan fingerprint density at radius 1 is 0.839 bits per heavy atom. The fourth-order valence-electron chi connectivity index (χ4n) is 4.13. The van der Waals surface area contributed by atoms with Crippen molar-refractivity contribution in [2.75, 3.05) is 13.1 Å². The van der Waals surface area contributed by atoms with Crippen LogP contribution in [0.3, 0.4) is 0 Å². The largest absolute Gasteiger partial charge is 0.350 e. The Morgan fingerprint density at radius 3 is 2.13 bits per heavy atom. The highest BCUT2D eigenvalue weighted by Gasteiger charge is 2.40. The molecule has 1 aromatic heterocycles. The minimum Gasteiger partial charge on any atom is -0.350 e. The predicted molar refractivity (Wildman–Crippen MR) is 113 cm³/mol. The van der Waals surface area contributed by atoms with Crippen LogP contribution < -0.4 is 10.6 Å². The van der Waals surface area contributed by atoms with E-state index in [1.165, 1.54) is 23.4 Å². The van der Waals surface area contributed by atoms with Gasteiger partial charge in [-0.2, -0.15) is 0 Å². The minimum atomic E-state index is -0.364. The number of pyridine rings is 1. The zero-order valence-electron chi connectivity index (χ0n) is 17.1. The Morgan fingerprint density at radius 2 is 1.45 bits per heavy atom. The van der Waals surface area contributed by atoms with Gasteiger partial charge in [0.05, 0.1) is 11.1 Å². The second-order valence-electron chi connectivity index (χ2n) is 7.78. The SMILES string of the molecule is O=C(NCCNC(=O)c1ccc2c(c1)C(=O)N(C1CCCCC1)C2=O)c1ccncc1. The smallest absolute Gasteiger partial charge is 0.261 e. The Kier molecular flexibility index (Phi) is 6.06. The summed E-state index contributed by atoms with van der Waals surface area (Å²) in [7, 11) is 0. The van der Waals surface area contributed by atoms with E-state index in [0.29, 0.717) is 16.7 Å². The van der Waals surface area contributed by atoms with E-state index in [1.54, 1.807) is 24.3 Å². The average molecular weight is 420 g/mol. The molecule has 2 aliphatic rings. The molecule has 1 aliphatic heterocycles. The van der Waals surface area contributed by atoms with Crippen LogP contribution in [0.1, 0.15) is 73.5 Å². The molecule has 31 heavy (non-hydrogen) atoms. The molecule has 1 aliphatic carbocycles. The second-order valence-corrected chi connectivity index (χ2v) is 7.78. The maximum Gasteiger partial charge on any atom is 0.261 e. The lowest BCUT2D eigenvalue weighted by Gasteiger charge is -2.29. The van der Waals surface area contributed by atoms with Gasteiger partial charge < -0.3 is 10.6 Å². The fourth-order valence-corrected chi connectivity index (χ4v) is 4.13. The lowest BCUT2D eigenvalue weighted by atomic mass is 9.94. The van der Waals surface area contributed by atoms with Gasteiger partial charge in [0.2, 0.25) is 0 Å². The number of amides is 4. The summed E-state index contributed by atoms with van der Waals surface area (Å²) >= 11 is 0. The minimum absolute atomic E-state index is 0.0533. The number of carbonyl (C=O) groups excluding carboxylic acids is 4. The number of hydrogen-bond donors (Lipinski definition) is 2. The van der Waals surface area contributed by atoms with E-state index in [2.05, 4.69) is 15.6 Å². The van der Waals surface area contributed by atoms with E-state index in [-0.39, 0.29) is 48.3 Å². The van der Waals surface area contributed by atoms with Crippen molar-refractivity contribution < 1.29 is 19.2 Å². The molecule has 1 saturated carbocycles. The molecule has 0 saturated heterocycles. The van der Waals surface area contributed by atoms with Gasteiger partial charge >= 0.3 is 0 Å². The van der Waals surface area contributed by atoms with Crippen molar-refractivity contribution in [3.05, 3.63) is 65.0 Å². The van der Waals surface area contributed by atoms with Gasteiger partial charge in [-0.25, -0.2) is 0 Å². The van der Waals surface area contributed by atoms with Crippen LogP contribution >= 0.6 is 0 Å². The molecule has 0 unspecified atom stereocenters. The molecule has 2 heterocycles. The number of nitrogens with one attached hydrogen (secondary N) is 2. The quantitative estimate of drug-likeness (QED) is 0.550. The third-order valence-electron chi connectivity index (χ3n) is 5.76. The van der Waals surface area contributed by atoms with Crippen molar-refractivity contribution >= 4 is 23.6 Å². The summed E-state index contributed by atoms with van der Waals surface area (Å²) < 4.78 is 0. The molecule has 4 rings (SSSR count). The number of imide groups is 1. The summed E-state index contributed by atoms with van der Waals surface area (Å²) in [5.74, 6) is -1.19. The van der Waals surface area contributed by atoms with Gasteiger partial charge in [-0.15, -0.1) is 0 Å². The number of carbonyl (C=O) groups is 4. The van der Waals surface area contributed by atoms with Crippen molar-refractivity contribution in [1.82, 2.24) is 20.5 Å². The summed E-state index contributed by atoms with van der Waals surface area (Å²) in [6, 6.07) is 7.75. The van der Waals surface area contributed by atoms with Gasteiger partial charge in [0, 0.05) is 42.7 Å². The highest BCUT2D eigenvalue weighted by molar-refractivity contribution is 6.22. The molecule has 4 amide bonds. The van der Waals surface area contributed by atoms with Crippen LogP contribution in [0.15, 0.2) is 42.7 Å². The molecule has 1 aromatic carbocycles. The van der Waals surface area contributed by atoms with Crippen molar-refractivity contribution in [1.29, 1.82) is 0 Å².